The van der Waals surface area contributed by atoms with Crippen molar-refractivity contribution in [3.63, 3.8) is 0 Å². The first-order chi connectivity index (χ1) is 12.4. The Morgan fingerprint density at radius 2 is 2.00 bits per heavy atom. The zero-order valence-electron chi connectivity index (χ0n) is 13.4. The molecule has 130 valence electrons. The predicted molar refractivity (Wildman–Crippen MR) is 93.8 cm³/mol. The molecule has 0 atom stereocenters. The first-order valence-corrected chi connectivity index (χ1v) is 7.59. The van der Waals surface area contributed by atoms with Crippen molar-refractivity contribution in [1.82, 2.24) is 20.2 Å². The number of hydrogen-bond acceptors (Lipinski definition) is 4. The van der Waals surface area contributed by atoms with Gasteiger partial charge < -0.3 is 10.1 Å². The first kappa shape index (κ1) is 15.8. The number of aromatic nitrogens is 4. The van der Waals surface area contributed by atoms with Crippen LogP contribution in [-0.2, 0) is 0 Å². The molecule has 4 rings (SSSR count). The molecule has 8 nitrogen and oxygen atoms in total. The number of carboxylic acid groups (broad SMARTS) is 1. The van der Waals surface area contributed by atoms with Crippen molar-refractivity contribution in [2.24, 2.45) is 0 Å². The van der Waals surface area contributed by atoms with Gasteiger partial charge in [0.15, 0.2) is 0 Å². The van der Waals surface area contributed by atoms with E-state index >= 15 is 0 Å². The Hall–Kier alpha value is -3.75. The number of hydrogen-bond donors (Lipinski definition) is 3. The molecular weight excluding hydrogens is 341 g/mol. The quantitative estimate of drug-likeness (QED) is 0.512. The number of benzene rings is 2. The Labute approximate surface area is 144 Å². The van der Waals surface area contributed by atoms with E-state index in [0.717, 1.165) is 4.90 Å². The topological polar surface area (TPSA) is 115 Å². The number of halogens is 1. The van der Waals surface area contributed by atoms with E-state index in [1.54, 1.807) is 18.2 Å². The van der Waals surface area contributed by atoms with Gasteiger partial charge in [-0.3, -0.25) is 9.69 Å². The maximum Gasteiger partial charge on any atom is 0.413 e. The van der Waals surface area contributed by atoms with Crippen LogP contribution in [0.4, 0.5) is 15.1 Å². The molecule has 0 saturated carbocycles. The molecular formula is C17H12FN5O3. The van der Waals surface area contributed by atoms with E-state index in [1.165, 1.54) is 25.2 Å². The highest BCUT2D eigenvalue weighted by Crippen LogP contribution is 2.28. The number of H-pyrrole nitrogens is 2. The van der Waals surface area contributed by atoms with Crippen molar-refractivity contribution in [3.8, 4) is 11.3 Å². The zero-order valence-corrected chi connectivity index (χ0v) is 13.4. The number of rotatable bonds is 2. The van der Waals surface area contributed by atoms with Crippen LogP contribution in [-0.4, -0.2) is 38.4 Å². The van der Waals surface area contributed by atoms with Gasteiger partial charge in [0.2, 0.25) is 5.95 Å². The molecule has 9 heteroatoms. The lowest BCUT2D eigenvalue weighted by molar-refractivity contribution is 0.203. The van der Waals surface area contributed by atoms with Crippen molar-refractivity contribution in [2.45, 2.75) is 0 Å². The Morgan fingerprint density at radius 1 is 1.19 bits per heavy atom. The predicted octanol–water partition coefficient (Wildman–Crippen LogP) is 2.72. The monoisotopic (exact) mass is 353 g/mol. The number of fused-ring (bicyclic) bond motifs is 2. The van der Waals surface area contributed by atoms with Crippen molar-refractivity contribution in [2.75, 3.05) is 11.9 Å². The molecule has 0 fully saturated rings. The summed E-state index contributed by atoms with van der Waals surface area (Å²) in [5.41, 5.74) is 1.76. The lowest BCUT2D eigenvalue weighted by atomic mass is 10.0. The second kappa shape index (κ2) is 5.66. The molecule has 4 aromatic rings. The molecule has 0 aliphatic heterocycles. The molecule has 0 radical (unpaired) electrons. The van der Waals surface area contributed by atoms with Crippen LogP contribution in [0.5, 0.6) is 0 Å². The largest absolute Gasteiger partial charge is 0.465 e. The molecule has 2 aromatic carbocycles. The van der Waals surface area contributed by atoms with E-state index < -0.39 is 17.5 Å². The van der Waals surface area contributed by atoms with E-state index in [1.807, 2.05) is 0 Å². The minimum atomic E-state index is -1.15. The summed E-state index contributed by atoms with van der Waals surface area (Å²) in [6.45, 7) is 0. The van der Waals surface area contributed by atoms with Gasteiger partial charge >= 0.3 is 6.09 Å². The normalized spacial score (nSPS) is 11.2. The zero-order chi connectivity index (χ0) is 18.4. The van der Waals surface area contributed by atoms with Crippen LogP contribution in [0.2, 0.25) is 0 Å². The molecule has 2 aromatic heterocycles. The van der Waals surface area contributed by atoms with Crippen LogP contribution in [0.25, 0.3) is 33.1 Å². The Balaban J connectivity index is 1.91. The maximum atomic E-state index is 13.7. The van der Waals surface area contributed by atoms with Crippen molar-refractivity contribution in [1.29, 1.82) is 0 Å². The third kappa shape index (κ3) is 2.46. The van der Waals surface area contributed by atoms with Gasteiger partial charge in [0.1, 0.15) is 5.82 Å². The van der Waals surface area contributed by atoms with Gasteiger partial charge in [-0.25, -0.2) is 19.3 Å². The summed E-state index contributed by atoms with van der Waals surface area (Å²) in [6.07, 6.45) is -1.15. The fourth-order valence-electron chi connectivity index (χ4n) is 2.75. The fraction of sp³-hybridized carbons (Fsp3) is 0.0588. The highest BCUT2D eigenvalue weighted by atomic mass is 19.1. The molecule has 0 saturated heterocycles. The summed E-state index contributed by atoms with van der Waals surface area (Å²) in [7, 11) is 1.38. The van der Waals surface area contributed by atoms with Crippen LogP contribution in [0.1, 0.15) is 0 Å². The number of anilines is 1. The molecule has 0 aliphatic rings. The van der Waals surface area contributed by atoms with Crippen molar-refractivity contribution in [3.05, 3.63) is 52.6 Å². The van der Waals surface area contributed by atoms with Gasteiger partial charge in [-0.1, -0.05) is 6.07 Å². The number of aromatic amines is 2. The van der Waals surface area contributed by atoms with E-state index in [0.29, 0.717) is 33.1 Å². The third-order valence-corrected chi connectivity index (χ3v) is 4.10. The Kier molecular flexibility index (Phi) is 3.43. The van der Waals surface area contributed by atoms with E-state index in [-0.39, 0.29) is 5.95 Å². The molecule has 0 unspecified atom stereocenters. The maximum absolute atomic E-state index is 13.7. The summed E-state index contributed by atoms with van der Waals surface area (Å²) in [6, 6.07) is 9.01. The molecule has 1 amide bonds. The average molecular weight is 353 g/mol. The summed E-state index contributed by atoms with van der Waals surface area (Å²) >= 11 is 0. The molecule has 0 spiro atoms. The number of nitrogens with one attached hydrogen (secondary N) is 2. The fourth-order valence-corrected chi connectivity index (χ4v) is 2.75. The van der Waals surface area contributed by atoms with Crippen LogP contribution >= 0.6 is 0 Å². The lowest BCUT2D eigenvalue weighted by Gasteiger charge is -2.07. The van der Waals surface area contributed by atoms with Crippen LogP contribution < -0.4 is 10.5 Å². The Bertz CT molecular complexity index is 1230. The van der Waals surface area contributed by atoms with Crippen molar-refractivity contribution >= 4 is 33.8 Å². The van der Waals surface area contributed by atoms with E-state index in [4.69, 9.17) is 5.11 Å². The SMILES string of the molecule is CN(C(=O)O)c1nc2cc(-c3n[nH]c(=O)c4ccc(F)cc34)ccc2[nH]1. The number of carbonyl (C=O) groups is 1. The standard InChI is InChI=1S/C17H12FN5O3/c1-23(17(25)26)16-19-12-5-2-8(6-13(12)20-16)14-11-7-9(18)3-4-10(11)15(24)22-21-14/h2-7H,1H3,(H,19,20)(H,22,24)(H,25,26). The first-order valence-electron chi connectivity index (χ1n) is 7.59. The third-order valence-electron chi connectivity index (χ3n) is 4.10. The smallest absolute Gasteiger partial charge is 0.413 e. The van der Waals surface area contributed by atoms with Crippen LogP contribution in [0, 0.1) is 5.82 Å². The van der Waals surface area contributed by atoms with E-state index in [9.17, 15) is 14.0 Å². The highest BCUT2D eigenvalue weighted by Gasteiger charge is 2.15. The molecule has 2 heterocycles. The minimum Gasteiger partial charge on any atom is -0.465 e. The number of amides is 1. The molecule has 3 N–H and O–H groups in total. The van der Waals surface area contributed by atoms with Crippen molar-refractivity contribution < 1.29 is 14.3 Å². The van der Waals surface area contributed by atoms with E-state index in [2.05, 4.69) is 20.2 Å². The number of imidazole rings is 1. The lowest BCUT2D eigenvalue weighted by Crippen LogP contribution is -2.24. The van der Waals surface area contributed by atoms with Gasteiger partial charge in [-0.15, -0.1) is 0 Å². The molecule has 0 aliphatic carbocycles. The van der Waals surface area contributed by atoms with Gasteiger partial charge in [0.05, 0.1) is 22.1 Å². The van der Waals surface area contributed by atoms with Gasteiger partial charge in [0, 0.05) is 18.0 Å². The molecule has 26 heavy (non-hydrogen) atoms. The average Bonchev–Trinajstić information content (AvgIpc) is 3.04. The summed E-state index contributed by atoms with van der Waals surface area (Å²) in [4.78, 5) is 31.1. The summed E-state index contributed by atoms with van der Waals surface area (Å²) in [5.74, 6) is -0.299. The summed E-state index contributed by atoms with van der Waals surface area (Å²) in [5, 5.41) is 16.2. The molecule has 0 bridgehead atoms. The highest BCUT2D eigenvalue weighted by molar-refractivity contribution is 5.96. The minimum absolute atomic E-state index is 0.176. The second-order valence-electron chi connectivity index (χ2n) is 5.73. The van der Waals surface area contributed by atoms with Crippen LogP contribution in [0.15, 0.2) is 41.2 Å². The number of nitrogens with zero attached hydrogens (tertiary/aromatic N) is 3. The summed E-state index contributed by atoms with van der Waals surface area (Å²) < 4.78 is 13.7. The van der Waals surface area contributed by atoms with Gasteiger partial charge in [-0.2, -0.15) is 5.10 Å². The Morgan fingerprint density at radius 3 is 2.77 bits per heavy atom. The van der Waals surface area contributed by atoms with Crippen LogP contribution in [0.3, 0.4) is 0 Å². The van der Waals surface area contributed by atoms with Gasteiger partial charge in [-0.05, 0) is 30.3 Å². The van der Waals surface area contributed by atoms with Gasteiger partial charge in [0.25, 0.3) is 5.56 Å². The second-order valence-corrected chi connectivity index (χ2v) is 5.73.